The van der Waals surface area contributed by atoms with Crippen molar-refractivity contribution in [1.29, 1.82) is 0 Å². The third-order valence-corrected chi connectivity index (χ3v) is 7.09. The van der Waals surface area contributed by atoms with Gasteiger partial charge in [-0.15, -0.1) is 0 Å². The largest absolute Gasteiger partial charge is 0.465 e. The summed E-state index contributed by atoms with van der Waals surface area (Å²) < 4.78 is 19.0. The topological polar surface area (TPSA) is 46.2 Å². The average molecular weight is 360 g/mol. The van der Waals surface area contributed by atoms with Crippen LogP contribution in [0.5, 0.6) is 5.75 Å². The lowest BCUT2D eigenvalue weighted by atomic mass is 9.58. The number of ether oxygens (including phenoxy) is 3. The summed E-state index contributed by atoms with van der Waals surface area (Å²) in [5, 5.41) is 0. The lowest BCUT2D eigenvalue weighted by Gasteiger charge is -2.60. The monoisotopic (exact) mass is 360 g/mol. The van der Waals surface area contributed by atoms with Crippen molar-refractivity contribution < 1.29 is 24.0 Å². The first kappa shape index (κ1) is 17.0. The minimum absolute atomic E-state index is 0.191. The second-order valence-electron chi connectivity index (χ2n) is 8.70. The average Bonchev–Trinajstić information content (AvgIpc) is 2.86. The molecular formula is C21H28O5. The molecule has 1 aromatic carbocycles. The summed E-state index contributed by atoms with van der Waals surface area (Å²) in [6, 6.07) is 9.87. The Morgan fingerprint density at radius 3 is 2.62 bits per heavy atom. The van der Waals surface area contributed by atoms with Crippen molar-refractivity contribution in [2.45, 2.75) is 70.4 Å². The molecule has 5 aliphatic rings. The first-order valence-corrected chi connectivity index (χ1v) is 9.94. The standard InChI is InChI=1S/C21H28O5/c1-13-9-10-17-14(2)18(22-15-7-5-4-6-8-15)23-19-21(17)16(13)11-12-20(3,24-19)25-26-21/h4-8,13-14,16-19H,9-12H2,1-3H3/t13-,14-,16?,17?,18?,19-,20-,21-/m1/s1. The molecule has 26 heavy (non-hydrogen) atoms. The number of hydrogen-bond acceptors (Lipinski definition) is 5. The van der Waals surface area contributed by atoms with E-state index < -0.39 is 17.7 Å². The molecule has 4 aliphatic heterocycles. The third-order valence-electron chi connectivity index (χ3n) is 7.09. The first-order chi connectivity index (χ1) is 12.5. The third kappa shape index (κ3) is 2.37. The Bertz CT molecular complexity index is 666. The Hall–Kier alpha value is -1.14. The van der Waals surface area contributed by atoms with E-state index in [1.165, 1.54) is 6.42 Å². The molecule has 5 nitrogen and oxygen atoms in total. The van der Waals surface area contributed by atoms with Crippen LogP contribution in [0.15, 0.2) is 30.3 Å². The summed E-state index contributed by atoms with van der Waals surface area (Å²) in [7, 11) is 0. The molecular weight excluding hydrogens is 332 g/mol. The summed E-state index contributed by atoms with van der Waals surface area (Å²) in [6.45, 7) is 6.48. The molecule has 6 rings (SSSR count). The van der Waals surface area contributed by atoms with Crippen LogP contribution < -0.4 is 4.74 Å². The molecule has 3 unspecified atom stereocenters. The van der Waals surface area contributed by atoms with Gasteiger partial charge in [0.1, 0.15) is 5.75 Å². The molecule has 4 heterocycles. The Morgan fingerprint density at radius 1 is 1.00 bits per heavy atom. The maximum absolute atomic E-state index is 6.41. The van der Waals surface area contributed by atoms with E-state index in [0.29, 0.717) is 17.8 Å². The molecule has 2 bridgehead atoms. The van der Waals surface area contributed by atoms with Crippen LogP contribution in [0.25, 0.3) is 0 Å². The molecule has 0 radical (unpaired) electrons. The van der Waals surface area contributed by atoms with Gasteiger partial charge in [0, 0.05) is 18.3 Å². The van der Waals surface area contributed by atoms with E-state index in [4.69, 9.17) is 24.0 Å². The molecule has 1 spiro atoms. The quantitative estimate of drug-likeness (QED) is 0.737. The lowest BCUT2D eigenvalue weighted by Crippen LogP contribution is -2.70. The number of hydrogen-bond donors (Lipinski definition) is 0. The normalized spacial score (nSPS) is 50.0. The van der Waals surface area contributed by atoms with Crippen molar-refractivity contribution in [2.24, 2.45) is 23.7 Å². The van der Waals surface area contributed by atoms with Gasteiger partial charge in [-0.1, -0.05) is 32.0 Å². The first-order valence-electron chi connectivity index (χ1n) is 9.94. The number of benzene rings is 1. The van der Waals surface area contributed by atoms with E-state index in [0.717, 1.165) is 25.0 Å². The zero-order chi connectivity index (χ0) is 17.9. The molecule has 142 valence electrons. The fraction of sp³-hybridized carbons (Fsp3) is 0.714. The summed E-state index contributed by atoms with van der Waals surface area (Å²) in [6.07, 6.45) is 3.35. The van der Waals surface area contributed by atoms with Gasteiger partial charge in [-0.2, -0.15) is 0 Å². The minimum Gasteiger partial charge on any atom is -0.465 e. The van der Waals surface area contributed by atoms with Gasteiger partial charge in [-0.25, -0.2) is 9.78 Å². The lowest BCUT2D eigenvalue weighted by molar-refractivity contribution is -0.575. The Kier molecular flexibility index (Phi) is 3.87. The highest BCUT2D eigenvalue weighted by Gasteiger charge is 2.69. The van der Waals surface area contributed by atoms with Crippen LogP contribution in [0.4, 0.5) is 0 Å². The van der Waals surface area contributed by atoms with E-state index in [2.05, 4.69) is 13.8 Å². The van der Waals surface area contributed by atoms with Crippen LogP contribution in [0.2, 0.25) is 0 Å². The van der Waals surface area contributed by atoms with Crippen LogP contribution in [0.1, 0.15) is 46.5 Å². The highest BCUT2D eigenvalue weighted by molar-refractivity contribution is 5.21. The fourth-order valence-corrected chi connectivity index (χ4v) is 5.64. The maximum atomic E-state index is 6.41. The molecule has 1 aromatic rings. The molecule has 1 aliphatic carbocycles. The molecule has 1 saturated carbocycles. The van der Waals surface area contributed by atoms with Gasteiger partial charge in [-0.05, 0) is 50.2 Å². The van der Waals surface area contributed by atoms with Crippen LogP contribution in [0.3, 0.4) is 0 Å². The van der Waals surface area contributed by atoms with Gasteiger partial charge in [0.05, 0.1) is 0 Å². The van der Waals surface area contributed by atoms with E-state index in [1.54, 1.807) is 0 Å². The zero-order valence-corrected chi connectivity index (χ0v) is 15.7. The van der Waals surface area contributed by atoms with E-state index >= 15 is 0 Å². The highest BCUT2D eigenvalue weighted by atomic mass is 17.3. The summed E-state index contributed by atoms with van der Waals surface area (Å²) >= 11 is 0. The van der Waals surface area contributed by atoms with E-state index in [-0.39, 0.29) is 12.2 Å². The second kappa shape index (κ2) is 5.93. The van der Waals surface area contributed by atoms with Crippen LogP contribution in [0, 0.1) is 23.7 Å². The molecule has 0 amide bonds. The predicted molar refractivity (Wildman–Crippen MR) is 93.9 cm³/mol. The second-order valence-corrected chi connectivity index (χ2v) is 8.70. The van der Waals surface area contributed by atoms with Gasteiger partial charge in [0.25, 0.3) is 0 Å². The van der Waals surface area contributed by atoms with Crippen molar-refractivity contribution in [3.05, 3.63) is 30.3 Å². The van der Waals surface area contributed by atoms with Crippen LogP contribution in [-0.4, -0.2) is 24.0 Å². The van der Waals surface area contributed by atoms with Gasteiger partial charge in [-0.3, -0.25) is 0 Å². The number of fused-ring (bicyclic) bond motifs is 2. The van der Waals surface area contributed by atoms with Gasteiger partial charge in [0.15, 0.2) is 11.9 Å². The Labute approximate surface area is 154 Å². The van der Waals surface area contributed by atoms with Crippen molar-refractivity contribution >= 4 is 0 Å². The molecule has 5 heteroatoms. The van der Waals surface area contributed by atoms with E-state index in [1.807, 2.05) is 37.3 Å². The van der Waals surface area contributed by atoms with Gasteiger partial charge in [0.2, 0.25) is 12.1 Å². The molecule has 4 saturated heterocycles. The van der Waals surface area contributed by atoms with Gasteiger partial charge >= 0.3 is 0 Å². The molecule has 0 aromatic heterocycles. The van der Waals surface area contributed by atoms with Gasteiger partial charge < -0.3 is 14.2 Å². The Balaban J connectivity index is 1.50. The van der Waals surface area contributed by atoms with Crippen molar-refractivity contribution in [1.82, 2.24) is 0 Å². The van der Waals surface area contributed by atoms with E-state index in [9.17, 15) is 0 Å². The number of para-hydroxylation sites is 1. The molecule has 0 N–H and O–H groups in total. The summed E-state index contributed by atoms with van der Waals surface area (Å²) in [5.74, 6) is 1.52. The number of rotatable bonds is 2. The fourth-order valence-electron chi connectivity index (χ4n) is 5.64. The smallest absolute Gasteiger partial charge is 0.205 e. The zero-order valence-electron chi connectivity index (χ0n) is 15.7. The SMILES string of the molecule is C[C@H]1C(Oc2ccccc2)O[C@@H]2O[C@@]3(C)CCC4[C@H](C)CCC1[C@]42OO3. The predicted octanol–water partition coefficient (Wildman–Crippen LogP) is 4.27. The Morgan fingerprint density at radius 2 is 1.81 bits per heavy atom. The molecule has 8 atom stereocenters. The maximum Gasteiger partial charge on any atom is 0.205 e. The van der Waals surface area contributed by atoms with Crippen LogP contribution in [-0.2, 0) is 19.2 Å². The van der Waals surface area contributed by atoms with Crippen molar-refractivity contribution in [2.75, 3.05) is 0 Å². The summed E-state index contributed by atoms with van der Waals surface area (Å²) in [5.41, 5.74) is -0.524. The summed E-state index contributed by atoms with van der Waals surface area (Å²) in [4.78, 5) is 12.0. The van der Waals surface area contributed by atoms with Crippen molar-refractivity contribution in [3.8, 4) is 5.75 Å². The van der Waals surface area contributed by atoms with Crippen molar-refractivity contribution in [3.63, 3.8) is 0 Å². The molecule has 5 fully saturated rings. The van der Waals surface area contributed by atoms with Crippen LogP contribution >= 0.6 is 0 Å². The highest BCUT2D eigenvalue weighted by Crippen LogP contribution is 2.60. The minimum atomic E-state index is -0.741.